The number of aromatic nitrogens is 2. The molecule has 2 N–H and O–H groups in total. The van der Waals surface area contributed by atoms with Gasteiger partial charge in [0, 0.05) is 24.6 Å². The number of carbonyl (C=O) groups is 2. The van der Waals surface area contributed by atoms with Crippen LogP contribution in [0.4, 0.5) is 10.5 Å². The molecule has 1 atom stereocenters. The van der Waals surface area contributed by atoms with Crippen molar-refractivity contribution in [1.29, 1.82) is 0 Å². The van der Waals surface area contributed by atoms with Crippen LogP contribution in [0.25, 0.3) is 0 Å². The van der Waals surface area contributed by atoms with Gasteiger partial charge in [0.05, 0.1) is 30.1 Å². The second kappa shape index (κ2) is 8.23. The van der Waals surface area contributed by atoms with Crippen LogP contribution in [-0.4, -0.2) is 34.7 Å². The highest BCUT2D eigenvalue weighted by molar-refractivity contribution is 6.33. The van der Waals surface area contributed by atoms with Gasteiger partial charge in [0.15, 0.2) is 0 Å². The minimum absolute atomic E-state index is 0.124. The van der Waals surface area contributed by atoms with E-state index in [0.717, 1.165) is 0 Å². The Bertz CT molecular complexity index is 769. The molecule has 0 bridgehead atoms. The van der Waals surface area contributed by atoms with Crippen LogP contribution in [0, 0.1) is 5.41 Å². The standard InChI is InChI=1S/C18H23ClN4O3/c1-18(2,3)15(10-23-8-7-20-11-23)22-17(25)21-12-5-6-13(14(19)9-12)16(24)26-4/h5-9,11,15H,10H2,1-4H3,(H2,21,22,25). The summed E-state index contributed by atoms with van der Waals surface area (Å²) < 4.78 is 6.56. The quantitative estimate of drug-likeness (QED) is 0.779. The maximum Gasteiger partial charge on any atom is 0.339 e. The molecule has 2 rings (SSSR count). The van der Waals surface area contributed by atoms with Gasteiger partial charge in [-0.3, -0.25) is 0 Å². The van der Waals surface area contributed by atoms with Crippen LogP contribution < -0.4 is 10.6 Å². The lowest BCUT2D eigenvalue weighted by molar-refractivity contribution is 0.0601. The maximum atomic E-state index is 12.4. The molecule has 0 radical (unpaired) electrons. The fourth-order valence-corrected chi connectivity index (χ4v) is 2.59. The number of anilines is 1. The summed E-state index contributed by atoms with van der Waals surface area (Å²) in [5.74, 6) is -0.529. The zero-order chi connectivity index (χ0) is 19.3. The number of urea groups is 1. The van der Waals surface area contributed by atoms with Gasteiger partial charge in [-0.1, -0.05) is 32.4 Å². The molecular formula is C18H23ClN4O3. The smallest absolute Gasteiger partial charge is 0.339 e. The predicted molar refractivity (Wildman–Crippen MR) is 100 cm³/mol. The molecule has 8 heteroatoms. The van der Waals surface area contributed by atoms with Gasteiger partial charge in [-0.25, -0.2) is 14.6 Å². The minimum atomic E-state index is -0.529. The van der Waals surface area contributed by atoms with Crippen molar-refractivity contribution in [2.75, 3.05) is 12.4 Å². The summed E-state index contributed by atoms with van der Waals surface area (Å²) in [4.78, 5) is 28.0. The number of hydrogen-bond donors (Lipinski definition) is 2. The zero-order valence-corrected chi connectivity index (χ0v) is 16.0. The second-order valence-corrected chi connectivity index (χ2v) is 7.37. The molecule has 1 unspecified atom stereocenters. The lowest BCUT2D eigenvalue weighted by atomic mass is 9.86. The minimum Gasteiger partial charge on any atom is -0.465 e. The lowest BCUT2D eigenvalue weighted by Crippen LogP contribution is -2.47. The van der Waals surface area contributed by atoms with Gasteiger partial charge in [0.2, 0.25) is 0 Å². The van der Waals surface area contributed by atoms with E-state index >= 15 is 0 Å². The van der Waals surface area contributed by atoms with Crippen LogP contribution in [0.5, 0.6) is 0 Å². The summed E-state index contributed by atoms with van der Waals surface area (Å²) in [6, 6.07) is 4.14. The monoisotopic (exact) mass is 378 g/mol. The number of nitrogens with zero attached hydrogens (tertiary/aromatic N) is 2. The average Bonchev–Trinajstić information content (AvgIpc) is 3.06. The highest BCUT2D eigenvalue weighted by atomic mass is 35.5. The Hall–Kier alpha value is -2.54. The molecule has 0 aliphatic rings. The van der Waals surface area contributed by atoms with Crippen LogP contribution in [0.1, 0.15) is 31.1 Å². The van der Waals surface area contributed by atoms with Crippen molar-refractivity contribution in [2.24, 2.45) is 5.41 Å². The summed E-state index contributed by atoms with van der Waals surface area (Å²) in [6.07, 6.45) is 5.26. The summed E-state index contributed by atoms with van der Waals surface area (Å²) in [5, 5.41) is 5.92. The molecule has 140 valence electrons. The number of esters is 1. The van der Waals surface area contributed by atoms with Gasteiger partial charge in [0.1, 0.15) is 0 Å². The number of amides is 2. The second-order valence-electron chi connectivity index (χ2n) is 6.96. The van der Waals surface area contributed by atoms with Crippen molar-refractivity contribution >= 4 is 29.3 Å². The van der Waals surface area contributed by atoms with Gasteiger partial charge < -0.3 is 19.9 Å². The molecule has 26 heavy (non-hydrogen) atoms. The van der Waals surface area contributed by atoms with Crippen LogP contribution in [0.15, 0.2) is 36.9 Å². The van der Waals surface area contributed by atoms with E-state index < -0.39 is 5.97 Å². The number of nitrogens with one attached hydrogen (secondary N) is 2. The molecule has 1 heterocycles. The van der Waals surface area contributed by atoms with Gasteiger partial charge in [-0.15, -0.1) is 0 Å². The molecule has 2 aromatic rings. The van der Waals surface area contributed by atoms with E-state index in [0.29, 0.717) is 12.2 Å². The van der Waals surface area contributed by atoms with E-state index in [4.69, 9.17) is 11.6 Å². The van der Waals surface area contributed by atoms with Crippen LogP contribution in [0.2, 0.25) is 5.02 Å². The molecule has 0 saturated carbocycles. The van der Waals surface area contributed by atoms with Crippen LogP contribution in [-0.2, 0) is 11.3 Å². The normalized spacial score (nSPS) is 12.3. The fourth-order valence-electron chi connectivity index (χ4n) is 2.34. The third-order valence-electron chi connectivity index (χ3n) is 3.94. The number of halogens is 1. The van der Waals surface area contributed by atoms with Crippen molar-refractivity contribution in [3.63, 3.8) is 0 Å². The molecule has 1 aromatic carbocycles. The number of benzene rings is 1. The molecule has 1 aromatic heterocycles. The van der Waals surface area contributed by atoms with E-state index in [2.05, 4.69) is 41.1 Å². The van der Waals surface area contributed by atoms with E-state index in [1.54, 1.807) is 18.6 Å². The van der Waals surface area contributed by atoms with Crippen LogP contribution in [0.3, 0.4) is 0 Å². The number of methoxy groups -OCH3 is 1. The first kappa shape index (κ1) is 19.8. The van der Waals surface area contributed by atoms with Crippen molar-refractivity contribution in [3.8, 4) is 0 Å². The number of rotatable bonds is 5. The van der Waals surface area contributed by atoms with Gasteiger partial charge in [0.25, 0.3) is 0 Å². The van der Waals surface area contributed by atoms with E-state index in [1.807, 2.05) is 10.8 Å². The molecule has 0 spiro atoms. The first-order valence-corrected chi connectivity index (χ1v) is 8.49. The summed E-state index contributed by atoms with van der Waals surface area (Å²) in [5.41, 5.74) is 0.566. The van der Waals surface area contributed by atoms with Crippen molar-refractivity contribution in [1.82, 2.24) is 14.9 Å². The molecule has 0 aliphatic heterocycles. The molecule has 0 aliphatic carbocycles. The van der Waals surface area contributed by atoms with E-state index in [9.17, 15) is 9.59 Å². The maximum absolute atomic E-state index is 12.4. The topological polar surface area (TPSA) is 85.2 Å². The molecule has 2 amide bonds. The molecule has 0 fully saturated rings. The van der Waals surface area contributed by atoms with Crippen molar-refractivity contribution in [3.05, 3.63) is 47.5 Å². The number of hydrogen-bond acceptors (Lipinski definition) is 4. The van der Waals surface area contributed by atoms with E-state index in [-0.39, 0.29) is 28.1 Å². The highest BCUT2D eigenvalue weighted by Crippen LogP contribution is 2.23. The Labute approximate surface area is 157 Å². The number of carbonyl (C=O) groups excluding carboxylic acids is 2. The Morgan fingerprint density at radius 3 is 2.62 bits per heavy atom. The van der Waals surface area contributed by atoms with Gasteiger partial charge in [-0.05, 0) is 23.6 Å². The lowest BCUT2D eigenvalue weighted by Gasteiger charge is -2.31. The largest absolute Gasteiger partial charge is 0.465 e. The highest BCUT2D eigenvalue weighted by Gasteiger charge is 2.26. The molecule has 0 saturated heterocycles. The average molecular weight is 379 g/mol. The number of imidazole rings is 1. The summed E-state index contributed by atoms with van der Waals surface area (Å²) in [6.45, 7) is 6.75. The van der Waals surface area contributed by atoms with Gasteiger partial charge >= 0.3 is 12.0 Å². The predicted octanol–water partition coefficient (Wildman–Crippen LogP) is 3.56. The Balaban J connectivity index is 2.06. The zero-order valence-electron chi connectivity index (χ0n) is 15.2. The molecular weight excluding hydrogens is 356 g/mol. The Morgan fingerprint density at radius 2 is 2.08 bits per heavy atom. The van der Waals surface area contributed by atoms with Crippen molar-refractivity contribution in [2.45, 2.75) is 33.4 Å². The van der Waals surface area contributed by atoms with Crippen LogP contribution >= 0.6 is 11.6 Å². The Morgan fingerprint density at radius 1 is 1.35 bits per heavy atom. The SMILES string of the molecule is COC(=O)c1ccc(NC(=O)NC(Cn2ccnc2)C(C)(C)C)cc1Cl. The van der Waals surface area contributed by atoms with Gasteiger partial charge in [-0.2, -0.15) is 0 Å². The summed E-state index contributed by atoms with van der Waals surface area (Å²) >= 11 is 6.08. The Kier molecular flexibility index (Phi) is 6.26. The first-order chi connectivity index (χ1) is 12.2. The first-order valence-electron chi connectivity index (χ1n) is 8.12. The van der Waals surface area contributed by atoms with Crippen molar-refractivity contribution < 1.29 is 14.3 Å². The number of ether oxygens (including phenoxy) is 1. The molecule has 7 nitrogen and oxygen atoms in total. The van der Waals surface area contributed by atoms with E-state index in [1.165, 1.54) is 19.2 Å². The fraction of sp³-hybridized carbons (Fsp3) is 0.389. The summed E-state index contributed by atoms with van der Waals surface area (Å²) in [7, 11) is 1.28. The third-order valence-corrected chi connectivity index (χ3v) is 4.25. The third kappa shape index (κ3) is 5.23.